The first kappa shape index (κ1) is 22.3. The molecule has 0 aliphatic carbocycles. The summed E-state index contributed by atoms with van der Waals surface area (Å²) in [6, 6.07) is 11.1. The maximum Gasteiger partial charge on any atom is 0.267 e. The SMILES string of the molecule is CCC(C(=O)Nc1cc(OC)ccc1OC)n1cnc2onc(-c3ccc(Cl)cc3)c2c1=O. The number of benzene rings is 2. The minimum atomic E-state index is -0.835. The zero-order chi connectivity index (χ0) is 23.5. The van der Waals surface area contributed by atoms with Crippen LogP contribution in [0.2, 0.25) is 5.02 Å². The highest BCUT2D eigenvalue weighted by atomic mass is 35.5. The van der Waals surface area contributed by atoms with Gasteiger partial charge in [0.05, 0.1) is 19.9 Å². The number of hydrogen-bond acceptors (Lipinski definition) is 7. The van der Waals surface area contributed by atoms with E-state index in [1.807, 2.05) is 0 Å². The molecule has 170 valence electrons. The van der Waals surface area contributed by atoms with Crippen molar-refractivity contribution < 1.29 is 18.8 Å². The Bertz CT molecular complexity index is 1360. The van der Waals surface area contributed by atoms with Crippen LogP contribution < -0.4 is 20.3 Å². The van der Waals surface area contributed by atoms with Gasteiger partial charge in [-0.05, 0) is 30.7 Å². The number of halogens is 1. The molecule has 2 heterocycles. The van der Waals surface area contributed by atoms with Crippen LogP contribution in [0.25, 0.3) is 22.4 Å². The highest BCUT2D eigenvalue weighted by molar-refractivity contribution is 6.30. The summed E-state index contributed by atoms with van der Waals surface area (Å²) in [4.78, 5) is 30.8. The summed E-state index contributed by atoms with van der Waals surface area (Å²) >= 11 is 5.97. The molecule has 2 aromatic carbocycles. The van der Waals surface area contributed by atoms with Gasteiger partial charge < -0.3 is 19.3 Å². The highest BCUT2D eigenvalue weighted by Gasteiger charge is 2.25. The molecular weight excluding hydrogens is 448 g/mol. The number of fused-ring (bicyclic) bond motifs is 1. The quantitative estimate of drug-likeness (QED) is 0.430. The van der Waals surface area contributed by atoms with Crippen molar-refractivity contribution in [3.8, 4) is 22.8 Å². The van der Waals surface area contributed by atoms with Gasteiger partial charge in [0.2, 0.25) is 5.91 Å². The number of amides is 1. The molecule has 9 nitrogen and oxygen atoms in total. The van der Waals surface area contributed by atoms with Crippen LogP contribution in [0.3, 0.4) is 0 Å². The number of nitrogens with zero attached hydrogens (tertiary/aromatic N) is 3. The van der Waals surface area contributed by atoms with Gasteiger partial charge in [-0.1, -0.05) is 35.8 Å². The van der Waals surface area contributed by atoms with E-state index in [9.17, 15) is 9.59 Å². The summed E-state index contributed by atoms with van der Waals surface area (Å²) in [6.45, 7) is 1.80. The van der Waals surface area contributed by atoms with Gasteiger partial charge in [0.15, 0.2) is 0 Å². The van der Waals surface area contributed by atoms with Crippen molar-refractivity contribution in [3.63, 3.8) is 0 Å². The van der Waals surface area contributed by atoms with Crippen molar-refractivity contribution in [1.82, 2.24) is 14.7 Å². The maximum absolute atomic E-state index is 13.4. The lowest BCUT2D eigenvalue weighted by Crippen LogP contribution is -2.33. The Balaban J connectivity index is 1.73. The molecule has 1 unspecified atom stereocenters. The third-order valence-corrected chi connectivity index (χ3v) is 5.48. The Hall–Kier alpha value is -3.85. The predicted octanol–water partition coefficient (Wildman–Crippen LogP) is 4.31. The molecule has 0 saturated carbocycles. The number of nitrogens with one attached hydrogen (secondary N) is 1. The predicted molar refractivity (Wildman–Crippen MR) is 124 cm³/mol. The first-order valence-corrected chi connectivity index (χ1v) is 10.5. The lowest BCUT2D eigenvalue weighted by atomic mass is 10.1. The van der Waals surface area contributed by atoms with E-state index in [4.69, 9.17) is 25.6 Å². The molecule has 1 atom stereocenters. The maximum atomic E-state index is 13.4. The average molecular weight is 469 g/mol. The number of carbonyl (C=O) groups excluding carboxylic acids is 1. The van der Waals surface area contributed by atoms with Crippen LogP contribution in [0.4, 0.5) is 5.69 Å². The van der Waals surface area contributed by atoms with E-state index < -0.39 is 17.5 Å². The molecule has 0 saturated heterocycles. The molecule has 1 N–H and O–H groups in total. The van der Waals surface area contributed by atoms with Crippen LogP contribution in [0.5, 0.6) is 11.5 Å². The Morgan fingerprint density at radius 3 is 2.61 bits per heavy atom. The van der Waals surface area contributed by atoms with Gasteiger partial charge in [0.25, 0.3) is 11.3 Å². The third-order valence-electron chi connectivity index (χ3n) is 5.23. The van der Waals surface area contributed by atoms with Crippen molar-refractivity contribution in [2.24, 2.45) is 0 Å². The molecule has 0 spiro atoms. The molecule has 0 aliphatic heterocycles. The van der Waals surface area contributed by atoms with Gasteiger partial charge in [0, 0.05) is 16.7 Å². The van der Waals surface area contributed by atoms with Crippen LogP contribution >= 0.6 is 11.6 Å². The topological polar surface area (TPSA) is 108 Å². The van der Waals surface area contributed by atoms with E-state index in [1.54, 1.807) is 49.4 Å². The molecule has 1 amide bonds. The molecule has 4 rings (SSSR count). The molecule has 33 heavy (non-hydrogen) atoms. The van der Waals surface area contributed by atoms with Gasteiger partial charge in [-0.15, -0.1) is 0 Å². The average Bonchev–Trinajstić information content (AvgIpc) is 3.26. The first-order chi connectivity index (χ1) is 16.0. The lowest BCUT2D eigenvalue weighted by molar-refractivity contribution is -0.119. The second-order valence-electron chi connectivity index (χ2n) is 7.15. The van der Waals surface area contributed by atoms with E-state index in [2.05, 4.69) is 15.5 Å². The van der Waals surface area contributed by atoms with Crippen molar-refractivity contribution in [3.05, 3.63) is 64.2 Å². The summed E-state index contributed by atoms with van der Waals surface area (Å²) in [5.74, 6) is 0.609. The van der Waals surface area contributed by atoms with E-state index in [-0.39, 0.29) is 11.1 Å². The third kappa shape index (κ3) is 4.27. The van der Waals surface area contributed by atoms with Crippen molar-refractivity contribution in [1.29, 1.82) is 0 Å². The largest absolute Gasteiger partial charge is 0.497 e. The number of ether oxygens (including phenoxy) is 2. The second-order valence-corrected chi connectivity index (χ2v) is 7.59. The summed E-state index contributed by atoms with van der Waals surface area (Å²) in [6.07, 6.45) is 1.63. The Labute approximate surface area is 193 Å². The second kappa shape index (κ2) is 9.33. The Kier molecular flexibility index (Phi) is 6.32. The molecule has 0 fully saturated rings. The van der Waals surface area contributed by atoms with Gasteiger partial charge in [-0.25, -0.2) is 4.98 Å². The number of hydrogen-bond donors (Lipinski definition) is 1. The lowest BCUT2D eigenvalue weighted by Gasteiger charge is -2.19. The van der Waals surface area contributed by atoms with Crippen molar-refractivity contribution >= 4 is 34.3 Å². The smallest absolute Gasteiger partial charge is 0.267 e. The fraction of sp³-hybridized carbons (Fsp3) is 0.217. The Morgan fingerprint density at radius 2 is 1.94 bits per heavy atom. The molecule has 4 aromatic rings. The minimum absolute atomic E-state index is 0.0888. The van der Waals surface area contributed by atoms with Gasteiger partial charge in [-0.2, -0.15) is 0 Å². The molecule has 0 aliphatic rings. The molecule has 0 radical (unpaired) electrons. The van der Waals surface area contributed by atoms with Crippen molar-refractivity contribution in [2.75, 3.05) is 19.5 Å². The first-order valence-electron chi connectivity index (χ1n) is 10.1. The summed E-state index contributed by atoms with van der Waals surface area (Å²) in [5, 5.41) is 7.57. The minimum Gasteiger partial charge on any atom is -0.497 e. The van der Waals surface area contributed by atoms with Crippen LogP contribution in [-0.2, 0) is 4.79 Å². The number of aromatic nitrogens is 3. The van der Waals surface area contributed by atoms with E-state index in [1.165, 1.54) is 25.1 Å². The van der Waals surface area contributed by atoms with Crippen LogP contribution in [0.15, 0.2) is 58.1 Å². The number of anilines is 1. The van der Waals surface area contributed by atoms with E-state index in [0.717, 1.165) is 0 Å². The monoisotopic (exact) mass is 468 g/mol. The van der Waals surface area contributed by atoms with Crippen LogP contribution in [0.1, 0.15) is 19.4 Å². The number of rotatable bonds is 7. The van der Waals surface area contributed by atoms with Gasteiger partial charge in [0.1, 0.15) is 34.9 Å². The normalized spacial score (nSPS) is 11.9. The number of carbonyl (C=O) groups is 1. The van der Waals surface area contributed by atoms with Crippen LogP contribution in [-0.4, -0.2) is 34.8 Å². The van der Waals surface area contributed by atoms with Gasteiger partial charge in [-0.3, -0.25) is 14.2 Å². The summed E-state index contributed by atoms with van der Waals surface area (Å²) in [7, 11) is 3.03. The number of methoxy groups -OCH3 is 2. The molecule has 2 aromatic heterocycles. The Morgan fingerprint density at radius 1 is 1.18 bits per heavy atom. The molecular formula is C23H21ClN4O5. The van der Waals surface area contributed by atoms with E-state index >= 15 is 0 Å². The summed E-state index contributed by atoms with van der Waals surface area (Å²) < 4.78 is 17.1. The van der Waals surface area contributed by atoms with E-state index in [0.29, 0.717) is 39.9 Å². The van der Waals surface area contributed by atoms with Gasteiger partial charge >= 0.3 is 0 Å². The van der Waals surface area contributed by atoms with Crippen molar-refractivity contribution in [2.45, 2.75) is 19.4 Å². The standard InChI is InChI=1S/C23H21ClN4O5/c1-4-17(21(29)26-16-11-15(31-2)9-10-18(16)32-3)28-12-25-22-19(23(28)30)20(27-33-22)13-5-7-14(24)8-6-13/h5-12,17H,4H2,1-3H3,(H,26,29). The zero-order valence-corrected chi connectivity index (χ0v) is 18.9. The summed E-state index contributed by atoms with van der Waals surface area (Å²) in [5.41, 5.74) is 1.05. The highest BCUT2D eigenvalue weighted by Crippen LogP contribution is 2.30. The fourth-order valence-corrected chi connectivity index (χ4v) is 3.65. The van der Waals surface area contributed by atoms with Crippen LogP contribution in [0, 0.1) is 0 Å². The molecule has 10 heteroatoms. The zero-order valence-electron chi connectivity index (χ0n) is 18.2. The molecule has 0 bridgehead atoms. The fourth-order valence-electron chi connectivity index (χ4n) is 3.52.